The minimum atomic E-state index is 0. The first-order valence-corrected chi connectivity index (χ1v) is 6.09. The van der Waals surface area contributed by atoms with Gasteiger partial charge < -0.3 is 4.74 Å². The normalized spacial score (nSPS) is 13.3. The molecular weight excluding hydrogens is 316 g/mol. The fourth-order valence-electron chi connectivity index (χ4n) is 1.65. The van der Waals surface area contributed by atoms with Crippen molar-refractivity contribution in [1.82, 2.24) is 14.8 Å². The third-order valence-electron chi connectivity index (χ3n) is 2.47. The Balaban J connectivity index is 0.00000120. The number of fused-ring (bicyclic) bond motifs is 1. The summed E-state index contributed by atoms with van der Waals surface area (Å²) in [5, 5.41) is 5.06. The van der Waals surface area contributed by atoms with Gasteiger partial charge in [0, 0.05) is 5.56 Å². The van der Waals surface area contributed by atoms with E-state index in [0.29, 0.717) is 5.88 Å². The largest absolute Gasteiger partial charge is 0.497 e. The van der Waals surface area contributed by atoms with Crippen LogP contribution in [0.25, 0.3) is 0 Å². The number of aromatic nitrogens is 3. The Morgan fingerprint density at radius 2 is 2.06 bits per heavy atom. The molecule has 0 atom stereocenters. The number of hydrogen-bond donors (Lipinski definition) is 0. The van der Waals surface area contributed by atoms with Crippen LogP contribution in [0.1, 0.15) is 5.56 Å². The molecule has 7 heteroatoms. The molecule has 1 aromatic heterocycles. The van der Waals surface area contributed by atoms with Gasteiger partial charge in [-0.05, 0) is 24.3 Å². The summed E-state index contributed by atoms with van der Waals surface area (Å²) in [5.74, 6) is 2.34. The van der Waals surface area contributed by atoms with Gasteiger partial charge in [-0.1, -0.05) is 11.8 Å². The molecule has 0 unspecified atom stereocenters. The van der Waals surface area contributed by atoms with E-state index in [9.17, 15) is 0 Å². The standard InChI is InChI=1S/C11H10N4OS.BrH/c1-16-9-4-2-8(3-5-9)10-13-7-17-11-12-6-14-15(10)11;/h2-6H,7H2,1H3;1H. The number of benzene rings is 1. The van der Waals surface area contributed by atoms with Crippen molar-refractivity contribution in [2.24, 2.45) is 4.99 Å². The lowest BCUT2D eigenvalue weighted by Crippen LogP contribution is -2.19. The van der Waals surface area contributed by atoms with E-state index in [1.807, 2.05) is 24.3 Å². The molecule has 1 aromatic carbocycles. The summed E-state index contributed by atoms with van der Waals surface area (Å²) in [6.45, 7) is 0. The first-order valence-electron chi connectivity index (χ1n) is 5.10. The molecule has 1 aliphatic heterocycles. The summed E-state index contributed by atoms with van der Waals surface area (Å²) >= 11 is 1.58. The highest BCUT2D eigenvalue weighted by Gasteiger charge is 2.17. The molecule has 0 aliphatic carbocycles. The Kier molecular flexibility index (Phi) is 4.03. The minimum Gasteiger partial charge on any atom is -0.497 e. The molecule has 94 valence electrons. The van der Waals surface area contributed by atoms with Crippen molar-refractivity contribution in [2.75, 3.05) is 13.0 Å². The molecule has 0 saturated carbocycles. The van der Waals surface area contributed by atoms with Gasteiger partial charge in [0.05, 0.1) is 13.0 Å². The van der Waals surface area contributed by atoms with Gasteiger partial charge in [-0.25, -0.2) is 4.98 Å². The lowest BCUT2D eigenvalue weighted by molar-refractivity contribution is 0.415. The van der Waals surface area contributed by atoms with Crippen LogP contribution >= 0.6 is 28.7 Å². The Hall–Kier alpha value is -1.34. The molecule has 0 radical (unpaired) electrons. The van der Waals surface area contributed by atoms with Crippen molar-refractivity contribution in [2.45, 2.75) is 5.16 Å². The second-order valence-corrected chi connectivity index (χ2v) is 4.35. The van der Waals surface area contributed by atoms with Gasteiger partial charge in [0.2, 0.25) is 0 Å². The summed E-state index contributed by atoms with van der Waals surface area (Å²) in [6.07, 6.45) is 1.55. The summed E-state index contributed by atoms with van der Waals surface area (Å²) in [4.78, 5) is 8.64. The van der Waals surface area contributed by atoms with Crippen molar-refractivity contribution in [3.8, 4) is 5.75 Å². The highest BCUT2D eigenvalue weighted by molar-refractivity contribution is 8.93. The van der Waals surface area contributed by atoms with Crippen LogP contribution in [0, 0.1) is 0 Å². The van der Waals surface area contributed by atoms with Crippen molar-refractivity contribution < 1.29 is 4.74 Å². The average Bonchev–Trinajstić information content (AvgIpc) is 2.87. The highest BCUT2D eigenvalue weighted by Crippen LogP contribution is 2.22. The summed E-state index contributed by atoms with van der Waals surface area (Å²) in [6, 6.07) is 7.77. The van der Waals surface area contributed by atoms with E-state index < -0.39 is 0 Å². The first kappa shape index (κ1) is 13.1. The van der Waals surface area contributed by atoms with Gasteiger partial charge >= 0.3 is 0 Å². The van der Waals surface area contributed by atoms with E-state index in [0.717, 1.165) is 22.3 Å². The van der Waals surface area contributed by atoms with Crippen LogP contribution < -0.4 is 4.74 Å². The van der Waals surface area contributed by atoms with E-state index in [-0.39, 0.29) is 17.0 Å². The number of methoxy groups -OCH3 is 1. The second kappa shape index (κ2) is 5.53. The number of ether oxygens (including phenoxy) is 1. The summed E-state index contributed by atoms with van der Waals surface area (Å²) in [5.41, 5.74) is 1.01. The Morgan fingerprint density at radius 3 is 2.78 bits per heavy atom. The number of halogens is 1. The van der Waals surface area contributed by atoms with Crippen LogP contribution in [0.3, 0.4) is 0 Å². The molecule has 3 rings (SSSR count). The number of hydrogen-bond acceptors (Lipinski definition) is 5. The smallest absolute Gasteiger partial charge is 0.194 e. The van der Waals surface area contributed by atoms with E-state index in [4.69, 9.17) is 4.74 Å². The molecule has 2 aromatic rings. The molecule has 1 aliphatic rings. The van der Waals surface area contributed by atoms with Crippen LogP contribution in [0.4, 0.5) is 0 Å². The van der Waals surface area contributed by atoms with Gasteiger partial charge in [-0.2, -0.15) is 9.78 Å². The monoisotopic (exact) mass is 326 g/mol. The van der Waals surface area contributed by atoms with Crippen LogP contribution in [0.15, 0.2) is 40.7 Å². The number of rotatable bonds is 2. The third kappa shape index (κ3) is 2.28. The highest BCUT2D eigenvalue weighted by atomic mass is 79.9. The van der Waals surface area contributed by atoms with E-state index in [1.54, 1.807) is 29.9 Å². The maximum atomic E-state index is 5.13. The molecule has 0 spiro atoms. The Morgan fingerprint density at radius 1 is 1.28 bits per heavy atom. The molecule has 0 amide bonds. The van der Waals surface area contributed by atoms with Crippen molar-refractivity contribution in [3.05, 3.63) is 36.2 Å². The third-order valence-corrected chi connectivity index (χ3v) is 3.27. The molecule has 0 saturated heterocycles. The summed E-state index contributed by atoms with van der Waals surface area (Å²) < 4.78 is 6.89. The first-order chi connectivity index (χ1) is 8.38. The topological polar surface area (TPSA) is 52.3 Å². The second-order valence-electron chi connectivity index (χ2n) is 3.44. The molecule has 0 N–H and O–H groups in total. The summed E-state index contributed by atoms with van der Waals surface area (Å²) in [7, 11) is 1.65. The molecule has 0 fully saturated rings. The van der Waals surface area contributed by atoms with Crippen molar-refractivity contribution >= 4 is 34.6 Å². The maximum absolute atomic E-state index is 5.13. The zero-order valence-corrected chi connectivity index (χ0v) is 12.1. The van der Waals surface area contributed by atoms with Crippen LogP contribution in [-0.2, 0) is 0 Å². The number of thioether (sulfide) groups is 1. The predicted octanol–water partition coefficient (Wildman–Crippen LogP) is 2.22. The molecule has 0 bridgehead atoms. The lowest BCUT2D eigenvalue weighted by atomic mass is 10.2. The lowest BCUT2D eigenvalue weighted by Gasteiger charge is -2.13. The molecule has 2 heterocycles. The predicted molar refractivity (Wildman–Crippen MR) is 76.0 cm³/mol. The van der Waals surface area contributed by atoms with Gasteiger partial charge in [0.25, 0.3) is 0 Å². The van der Waals surface area contributed by atoms with Gasteiger partial charge in [0.1, 0.15) is 12.1 Å². The number of aliphatic imine (C=N–C) groups is 1. The van der Waals surface area contributed by atoms with Gasteiger partial charge in [0.15, 0.2) is 11.0 Å². The fourth-order valence-corrected chi connectivity index (χ4v) is 2.33. The zero-order chi connectivity index (χ0) is 11.7. The fraction of sp³-hybridized carbons (Fsp3) is 0.182. The minimum absolute atomic E-state index is 0. The van der Waals surface area contributed by atoms with Gasteiger partial charge in [-0.15, -0.1) is 17.0 Å². The average molecular weight is 327 g/mol. The van der Waals surface area contributed by atoms with Gasteiger partial charge in [-0.3, -0.25) is 4.99 Å². The van der Waals surface area contributed by atoms with E-state index in [1.165, 1.54) is 0 Å². The molecule has 5 nitrogen and oxygen atoms in total. The van der Waals surface area contributed by atoms with E-state index >= 15 is 0 Å². The Labute approximate surface area is 119 Å². The van der Waals surface area contributed by atoms with E-state index in [2.05, 4.69) is 15.1 Å². The van der Waals surface area contributed by atoms with Crippen LogP contribution in [-0.4, -0.2) is 33.6 Å². The zero-order valence-electron chi connectivity index (χ0n) is 9.61. The quantitative estimate of drug-likeness (QED) is 0.849. The van der Waals surface area contributed by atoms with Crippen molar-refractivity contribution in [1.29, 1.82) is 0 Å². The Bertz CT molecular complexity index is 567. The molecular formula is C11H11BrN4OS. The van der Waals surface area contributed by atoms with Crippen molar-refractivity contribution in [3.63, 3.8) is 0 Å². The maximum Gasteiger partial charge on any atom is 0.194 e. The SMILES string of the molecule is Br.COc1ccc(C2=NCSc3ncnn32)cc1. The van der Waals surface area contributed by atoms with Crippen LogP contribution in [0.2, 0.25) is 0 Å². The van der Waals surface area contributed by atoms with Crippen LogP contribution in [0.5, 0.6) is 5.75 Å². The number of nitrogens with zero attached hydrogens (tertiary/aromatic N) is 4. The molecule has 18 heavy (non-hydrogen) atoms.